The number of carbonyl (C=O) groups is 2. The average Bonchev–Trinajstić information content (AvgIpc) is 3.49. The van der Waals surface area contributed by atoms with Gasteiger partial charge < -0.3 is 19.7 Å². The average molecular weight is 652 g/mol. The minimum Gasteiger partial charge on any atom is -0.481 e. The Labute approximate surface area is 267 Å². The van der Waals surface area contributed by atoms with Crippen molar-refractivity contribution < 1.29 is 37.7 Å². The molecular formula is C32H37N5O8S. The maximum Gasteiger partial charge on any atom is 0.335 e. The number of sulfonamides is 1. The fourth-order valence-corrected chi connectivity index (χ4v) is 6.19. The Bertz CT molecular complexity index is 1780. The topological polar surface area (TPSA) is 174 Å². The van der Waals surface area contributed by atoms with Crippen molar-refractivity contribution in [1.82, 2.24) is 24.3 Å². The molecule has 0 unspecified atom stereocenters. The zero-order valence-corrected chi connectivity index (χ0v) is 26.8. The van der Waals surface area contributed by atoms with Gasteiger partial charge in [-0.3, -0.25) is 9.78 Å². The van der Waals surface area contributed by atoms with Gasteiger partial charge in [0.25, 0.3) is 0 Å². The number of carboxylic acid groups (broad SMARTS) is 2. The molecule has 2 aromatic carbocycles. The van der Waals surface area contributed by atoms with Crippen LogP contribution in [0.3, 0.4) is 0 Å². The van der Waals surface area contributed by atoms with Crippen LogP contribution >= 0.6 is 0 Å². The molecular weight excluding hydrogens is 614 g/mol. The van der Waals surface area contributed by atoms with Crippen LogP contribution in [0.5, 0.6) is 0 Å². The number of benzene rings is 2. The third kappa shape index (κ3) is 8.20. The van der Waals surface area contributed by atoms with Crippen molar-refractivity contribution in [2.75, 3.05) is 13.7 Å². The number of nitrogens with zero attached hydrogens (tertiary/aromatic N) is 5. The molecule has 2 heterocycles. The number of aliphatic carboxylic acids is 1. The number of aromatic nitrogens is 4. The molecule has 0 fully saturated rings. The van der Waals surface area contributed by atoms with Gasteiger partial charge in [-0.25, -0.2) is 17.9 Å². The SMILES string of the molecule is COCCn1cc(CO[C@H](c2ccc(C)c(CN(Cc3ccccn3)S(=O)(=O)c3cccc(C(=O)O)c3)c2)C(C)(C)C(=O)O)nn1. The van der Waals surface area contributed by atoms with E-state index in [0.29, 0.717) is 35.7 Å². The molecule has 14 heteroatoms. The Morgan fingerprint density at radius 1 is 1.02 bits per heavy atom. The van der Waals surface area contributed by atoms with E-state index in [-0.39, 0.29) is 30.2 Å². The molecule has 0 saturated heterocycles. The Balaban J connectivity index is 1.70. The van der Waals surface area contributed by atoms with Crippen LogP contribution < -0.4 is 0 Å². The maximum atomic E-state index is 14.0. The second-order valence-electron chi connectivity index (χ2n) is 11.3. The van der Waals surface area contributed by atoms with Crippen LogP contribution in [0.1, 0.15) is 58.4 Å². The van der Waals surface area contributed by atoms with Crippen LogP contribution in [0.2, 0.25) is 0 Å². The molecule has 46 heavy (non-hydrogen) atoms. The lowest BCUT2D eigenvalue weighted by molar-refractivity contribution is -0.158. The molecule has 1 atom stereocenters. The first-order chi connectivity index (χ1) is 21.8. The monoisotopic (exact) mass is 651 g/mol. The Morgan fingerprint density at radius 3 is 2.48 bits per heavy atom. The highest BCUT2D eigenvalue weighted by atomic mass is 32.2. The standard InChI is InChI=1S/C32H37N5O8S/c1-22-11-12-23(29(32(2,3)31(40)41)45-21-27-19-36(35-34-27)14-15-44-4)16-25(22)18-37(20-26-9-5-6-13-33-26)46(42,43)28-10-7-8-24(17-28)30(38)39/h5-13,16-17,19,29H,14-15,18,20-21H2,1-4H3,(H,38,39)(H,40,41)/t29-/m1/s1. The summed E-state index contributed by atoms with van der Waals surface area (Å²) in [6.07, 6.45) is 2.31. The van der Waals surface area contributed by atoms with Crippen molar-refractivity contribution in [2.24, 2.45) is 5.41 Å². The van der Waals surface area contributed by atoms with Gasteiger partial charge in [0.05, 0.1) is 60.2 Å². The Hall–Kier alpha value is -4.50. The van der Waals surface area contributed by atoms with Crippen molar-refractivity contribution in [3.05, 3.63) is 107 Å². The van der Waals surface area contributed by atoms with Crippen LogP contribution in [0, 0.1) is 12.3 Å². The minimum absolute atomic E-state index is 0.0162. The minimum atomic E-state index is -4.22. The molecule has 13 nitrogen and oxygen atoms in total. The highest BCUT2D eigenvalue weighted by Crippen LogP contribution is 2.38. The van der Waals surface area contributed by atoms with Crippen LogP contribution in [-0.4, -0.2) is 68.6 Å². The van der Waals surface area contributed by atoms with Crippen LogP contribution in [0.4, 0.5) is 0 Å². The number of rotatable bonds is 16. The van der Waals surface area contributed by atoms with Crippen LogP contribution in [-0.2, 0) is 50.5 Å². The van der Waals surface area contributed by atoms with E-state index in [9.17, 15) is 28.2 Å². The van der Waals surface area contributed by atoms with Gasteiger partial charge in [-0.1, -0.05) is 35.5 Å². The first kappa shape index (κ1) is 34.4. The molecule has 2 aromatic heterocycles. The molecule has 0 aliphatic rings. The molecule has 244 valence electrons. The summed E-state index contributed by atoms with van der Waals surface area (Å²) in [7, 11) is -2.63. The van der Waals surface area contributed by atoms with Crippen LogP contribution in [0.25, 0.3) is 0 Å². The summed E-state index contributed by atoms with van der Waals surface area (Å²) in [4.78, 5) is 28.1. The molecule has 0 amide bonds. The number of methoxy groups -OCH3 is 1. The van der Waals surface area contributed by atoms with Crippen molar-refractivity contribution in [1.29, 1.82) is 0 Å². The van der Waals surface area contributed by atoms with Gasteiger partial charge >= 0.3 is 11.9 Å². The maximum absolute atomic E-state index is 14.0. The second kappa shape index (κ2) is 14.7. The quantitative estimate of drug-likeness (QED) is 0.179. The number of hydrogen-bond donors (Lipinski definition) is 2. The summed E-state index contributed by atoms with van der Waals surface area (Å²) in [5.74, 6) is -2.33. The Morgan fingerprint density at radius 2 is 1.80 bits per heavy atom. The van der Waals surface area contributed by atoms with Crippen molar-refractivity contribution in [2.45, 2.75) is 58.0 Å². The molecule has 0 radical (unpaired) electrons. The van der Waals surface area contributed by atoms with Gasteiger partial charge in [0, 0.05) is 19.9 Å². The van der Waals surface area contributed by atoms with E-state index >= 15 is 0 Å². The number of hydrogen-bond acceptors (Lipinski definition) is 9. The summed E-state index contributed by atoms with van der Waals surface area (Å²) >= 11 is 0. The first-order valence-corrected chi connectivity index (χ1v) is 15.8. The molecule has 0 aliphatic heterocycles. The summed E-state index contributed by atoms with van der Waals surface area (Å²) in [5, 5.41) is 27.8. The van der Waals surface area contributed by atoms with Gasteiger partial charge in [-0.15, -0.1) is 5.10 Å². The zero-order chi connectivity index (χ0) is 33.5. The summed E-state index contributed by atoms with van der Waals surface area (Å²) < 4.78 is 42.1. The number of carboxylic acids is 2. The second-order valence-corrected chi connectivity index (χ2v) is 13.2. The largest absolute Gasteiger partial charge is 0.481 e. The lowest BCUT2D eigenvalue weighted by Crippen LogP contribution is -2.33. The lowest BCUT2D eigenvalue weighted by Gasteiger charge is -2.31. The number of pyridine rings is 1. The molecule has 0 aliphatic carbocycles. The van der Waals surface area contributed by atoms with E-state index < -0.39 is 33.5 Å². The van der Waals surface area contributed by atoms with Gasteiger partial charge in [-0.05, 0) is 67.8 Å². The first-order valence-electron chi connectivity index (χ1n) is 14.4. The van der Waals surface area contributed by atoms with E-state index in [1.807, 2.05) is 6.92 Å². The summed E-state index contributed by atoms with van der Waals surface area (Å²) in [5.41, 5.74) is 1.35. The van der Waals surface area contributed by atoms with Gasteiger partial charge in [0.2, 0.25) is 10.0 Å². The van der Waals surface area contributed by atoms with Crippen molar-refractivity contribution in [3.63, 3.8) is 0 Å². The van der Waals surface area contributed by atoms with E-state index in [1.165, 1.54) is 22.5 Å². The molecule has 0 bridgehead atoms. The third-order valence-electron chi connectivity index (χ3n) is 7.52. The lowest BCUT2D eigenvalue weighted by atomic mass is 9.81. The van der Waals surface area contributed by atoms with Gasteiger partial charge in [0.15, 0.2) is 0 Å². The van der Waals surface area contributed by atoms with Crippen LogP contribution in [0.15, 0.2) is 78.0 Å². The predicted molar refractivity (Wildman–Crippen MR) is 166 cm³/mol. The fourth-order valence-electron chi connectivity index (χ4n) is 4.75. The smallest absolute Gasteiger partial charge is 0.335 e. The van der Waals surface area contributed by atoms with Gasteiger partial charge in [0.1, 0.15) is 5.69 Å². The highest BCUT2D eigenvalue weighted by Gasteiger charge is 2.39. The highest BCUT2D eigenvalue weighted by molar-refractivity contribution is 7.89. The number of aromatic carboxylic acids is 1. The zero-order valence-electron chi connectivity index (χ0n) is 26.0. The van der Waals surface area contributed by atoms with Crippen molar-refractivity contribution in [3.8, 4) is 0 Å². The molecule has 0 spiro atoms. The fraction of sp³-hybridized carbons (Fsp3) is 0.344. The van der Waals surface area contributed by atoms with E-state index in [4.69, 9.17) is 9.47 Å². The van der Waals surface area contributed by atoms with E-state index in [1.54, 1.807) is 74.4 Å². The number of aryl methyl sites for hydroxylation is 1. The number of ether oxygens (including phenoxy) is 2. The van der Waals surface area contributed by atoms with Gasteiger partial charge in [-0.2, -0.15) is 4.31 Å². The molecule has 0 saturated carbocycles. The molecule has 2 N–H and O–H groups in total. The third-order valence-corrected chi connectivity index (χ3v) is 9.31. The Kier molecular flexibility index (Phi) is 11.0. The van der Waals surface area contributed by atoms with E-state index in [0.717, 1.165) is 11.6 Å². The summed E-state index contributed by atoms with van der Waals surface area (Å²) in [6.45, 7) is 5.66. The van der Waals surface area contributed by atoms with Crippen molar-refractivity contribution >= 4 is 22.0 Å². The normalized spacial score (nSPS) is 12.7. The van der Waals surface area contributed by atoms with E-state index in [2.05, 4.69) is 15.3 Å². The molecule has 4 aromatic rings. The predicted octanol–water partition coefficient (Wildman–Crippen LogP) is 4.09. The molecule has 4 rings (SSSR count). The summed E-state index contributed by atoms with van der Waals surface area (Å²) in [6, 6.07) is 15.6.